The van der Waals surface area contributed by atoms with Crippen LogP contribution >= 0.6 is 0 Å². The van der Waals surface area contributed by atoms with E-state index >= 15 is 0 Å². The molecule has 0 saturated heterocycles. The van der Waals surface area contributed by atoms with Crippen molar-refractivity contribution in [3.63, 3.8) is 0 Å². The third kappa shape index (κ3) is 4.48. The van der Waals surface area contributed by atoms with E-state index in [1.165, 1.54) is 10.6 Å². The Kier molecular flexibility index (Phi) is 6.02. The molecule has 1 heterocycles. The van der Waals surface area contributed by atoms with Gasteiger partial charge in [-0.3, -0.25) is 4.79 Å². The third-order valence-electron chi connectivity index (χ3n) is 5.20. The molecule has 0 aliphatic heterocycles. The fourth-order valence-corrected chi connectivity index (χ4v) is 3.55. The first kappa shape index (κ1) is 20.2. The van der Waals surface area contributed by atoms with Gasteiger partial charge >= 0.3 is 5.97 Å². The van der Waals surface area contributed by atoms with Gasteiger partial charge in [-0.1, -0.05) is 41.6 Å². The highest BCUT2D eigenvalue weighted by molar-refractivity contribution is 5.87. The van der Waals surface area contributed by atoms with Crippen LogP contribution in [0.25, 0.3) is 0 Å². The second-order valence-corrected chi connectivity index (χ2v) is 7.10. The van der Waals surface area contributed by atoms with Crippen molar-refractivity contribution >= 4 is 5.97 Å². The number of aryl methyl sites for hydroxylation is 2. The summed E-state index contributed by atoms with van der Waals surface area (Å²) in [5, 5.41) is 12.5. The summed E-state index contributed by atoms with van der Waals surface area (Å²) in [6.45, 7) is 2.00. The van der Waals surface area contributed by atoms with Crippen molar-refractivity contribution in [2.75, 3.05) is 0 Å². The molecular weight excluding hydrogens is 368 g/mol. The summed E-state index contributed by atoms with van der Waals surface area (Å²) in [5.74, 6) is -1.14. The van der Waals surface area contributed by atoms with E-state index in [1.54, 1.807) is 43.6 Å². The molecule has 0 aliphatic carbocycles. The highest BCUT2D eigenvalue weighted by Gasteiger charge is 2.24. The Balaban J connectivity index is 2.03. The number of carboxylic acid groups (broad SMARTS) is 1. The first-order chi connectivity index (χ1) is 13.9. The molecule has 1 aromatic heterocycles. The van der Waals surface area contributed by atoms with Gasteiger partial charge in [0.05, 0.1) is 5.56 Å². The Bertz CT molecular complexity index is 1090. The first-order valence-electron chi connectivity index (χ1n) is 9.28. The molecule has 3 rings (SSSR count). The van der Waals surface area contributed by atoms with Crippen LogP contribution in [-0.2, 0) is 7.05 Å². The van der Waals surface area contributed by atoms with Crippen molar-refractivity contribution in [3.8, 4) is 0 Å². The largest absolute Gasteiger partial charge is 0.478 e. The Morgan fingerprint density at radius 3 is 2.28 bits per heavy atom. The molecule has 6 heteroatoms. The molecule has 0 spiro atoms. The van der Waals surface area contributed by atoms with Gasteiger partial charge in [0, 0.05) is 25.2 Å². The van der Waals surface area contributed by atoms with E-state index < -0.39 is 12.0 Å². The van der Waals surface area contributed by atoms with E-state index in [-0.39, 0.29) is 17.0 Å². The van der Waals surface area contributed by atoms with Crippen LogP contribution in [0.15, 0.2) is 76.8 Å². The Hall–Kier alpha value is -3.54. The Morgan fingerprint density at radius 2 is 1.69 bits per heavy atom. The topological polar surface area (TPSA) is 88.7 Å². The van der Waals surface area contributed by atoms with Crippen LogP contribution in [0.5, 0.6) is 0 Å². The molecular formula is C23H22N2O4. The fraction of sp³-hybridized carbons (Fsp3) is 0.217. The van der Waals surface area contributed by atoms with E-state index in [0.717, 1.165) is 16.7 Å². The minimum Gasteiger partial charge on any atom is -0.478 e. The zero-order valence-corrected chi connectivity index (χ0v) is 16.3. The number of carboxylic acids is 1. The van der Waals surface area contributed by atoms with Gasteiger partial charge in [-0.25, -0.2) is 4.79 Å². The van der Waals surface area contributed by atoms with Crippen molar-refractivity contribution in [1.82, 2.24) is 4.57 Å². The molecule has 6 nitrogen and oxygen atoms in total. The van der Waals surface area contributed by atoms with Crippen LogP contribution in [0.3, 0.4) is 0 Å². The van der Waals surface area contributed by atoms with Crippen LogP contribution < -0.4 is 5.56 Å². The summed E-state index contributed by atoms with van der Waals surface area (Å²) in [7, 11) is 1.64. The predicted octanol–water partition coefficient (Wildman–Crippen LogP) is 4.42. The van der Waals surface area contributed by atoms with E-state index in [2.05, 4.69) is 5.18 Å². The second kappa shape index (κ2) is 8.65. The molecule has 0 amide bonds. The summed E-state index contributed by atoms with van der Waals surface area (Å²) >= 11 is 0. The van der Waals surface area contributed by atoms with Crippen molar-refractivity contribution in [2.45, 2.75) is 25.3 Å². The van der Waals surface area contributed by atoms with Gasteiger partial charge in [0.25, 0.3) is 0 Å². The lowest BCUT2D eigenvalue weighted by molar-refractivity contribution is 0.0697. The van der Waals surface area contributed by atoms with E-state index in [9.17, 15) is 19.6 Å². The number of nitroso groups, excluding NO2 is 1. The van der Waals surface area contributed by atoms with E-state index in [1.807, 2.05) is 31.2 Å². The number of hydrogen-bond acceptors (Lipinski definition) is 4. The number of pyridine rings is 1. The molecule has 2 aromatic carbocycles. The fourth-order valence-electron chi connectivity index (χ4n) is 3.55. The van der Waals surface area contributed by atoms with E-state index in [0.29, 0.717) is 12.0 Å². The highest BCUT2D eigenvalue weighted by Crippen LogP contribution is 2.37. The number of aromatic carboxylic acids is 1. The summed E-state index contributed by atoms with van der Waals surface area (Å²) in [4.78, 5) is 34.6. The van der Waals surface area contributed by atoms with Crippen molar-refractivity contribution < 1.29 is 9.90 Å². The van der Waals surface area contributed by atoms with Crippen molar-refractivity contribution in [3.05, 3.63) is 110 Å². The van der Waals surface area contributed by atoms with Crippen LogP contribution in [0.2, 0.25) is 0 Å². The maximum Gasteiger partial charge on any atom is 0.335 e. The van der Waals surface area contributed by atoms with Gasteiger partial charge in [0.1, 0.15) is 6.04 Å². The number of carbonyl (C=O) groups is 1. The molecule has 148 valence electrons. The number of aromatic nitrogens is 1. The lowest BCUT2D eigenvalue weighted by Gasteiger charge is -2.23. The molecule has 0 fully saturated rings. The lowest BCUT2D eigenvalue weighted by atomic mass is 9.82. The van der Waals surface area contributed by atoms with Gasteiger partial charge < -0.3 is 9.67 Å². The monoisotopic (exact) mass is 390 g/mol. The average Bonchev–Trinajstić information content (AvgIpc) is 2.72. The number of benzene rings is 2. The standard InChI is InChI=1S/C23H22N2O4/c1-15-5-3-4-6-19(15)20(16-7-9-17(10-8-16)23(27)28)13-21(24-29)18-11-12-22(26)25(2)14-18/h3-12,14,20-21H,13H2,1-2H3,(H,27,28). The number of nitrogens with zero attached hydrogens (tertiary/aromatic N) is 2. The van der Waals surface area contributed by atoms with Crippen LogP contribution in [0.4, 0.5) is 0 Å². The van der Waals surface area contributed by atoms with Gasteiger partial charge in [0.2, 0.25) is 5.56 Å². The van der Waals surface area contributed by atoms with Crippen molar-refractivity contribution in [1.29, 1.82) is 0 Å². The smallest absolute Gasteiger partial charge is 0.335 e. The van der Waals surface area contributed by atoms with Crippen LogP contribution in [-0.4, -0.2) is 15.6 Å². The SMILES string of the molecule is Cc1ccccc1C(CC(N=O)c1ccc(=O)n(C)c1)c1ccc(C(=O)O)cc1. The molecule has 1 N–H and O–H groups in total. The zero-order chi connectivity index (χ0) is 21.0. The summed E-state index contributed by atoms with van der Waals surface area (Å²) < 4.78 is 1.43. The van der Waals surface area contributed by atoms with Crippen LogP contribution in [0.1, 0.15) is 51.0 Å². The summed E-state index contributed by atoms with van der Waals surface area (Å²) in [6, 6.07) is 17.0. The molecule has 0 bridgehead atoms. The molecule has 29 heavy (non-hydrogen) atoms. The normalized spacial score (nSPS) is 12.9. The van der Waals surface area contributed by atoms with Gasteiger partial charge in [0.15, 0.2) is 0 Å². The summed E-state index contributed by atoms with van der Waals surface area (Å²) in [6.07, 6.45) is 2.04. The highest BCUT2D eigenvalue weighted by atomic mass is 16.4. The third-order valence-corrected chi connectivity index (χ3v) is 5.20. The zero-order valence-electron chi connectivity index (χ0n) is 16.3. The van der Waals surface area contributed by atoms with Crippen LogP contribution in [0, 0.1) is 11.8 Å². The Morgan fingerprint density at radius 1 is 1.03 bits per heavy atom. The first-order valence-corrected chi connectivity index (χ1v) is 9.28. The maximum absolute atomic E-state index is 11.7. The molecule has 0 radical (unpaired) electrons. The molecule has 2 unspecified atom stereocenters. The van der Waals surface area contributed by atoms with Gasteiger partial charge in [-0.15, -0.1) is 0 Å². The number of hydrogen-bond donors (Lipinski definition) is 1. The average molecular weight is 390 g/mol. The lowest BCUT2D eigenvalue weighted by Crippen LogP contribution is -2.16. The van der Waals surface area contributed by atoms with Crippen molar-refractivity contribution in [2.24, 2.45) is 12.2 Å². The maximum atomic E-state index is 11.7. The molecule has 0 saturated carbocycles. The minimum absolute atomic E-state index is 0.154. The van der Waals surface area contributed by atoms with Gasteiger partial charge in [-0.05, 0) is 53.8 Å². The van der Waals surface area contributed by atoms with E-state index in [4.69, 9.17) is 0 Å². The predicted molar refractivity (Wildman–Crippen MR) is 111 cm³/mol. The molecule has 2 atom stereocenters. The summed E-state index contributed by atoms with van der Waals surface area (Å²) in [5.41, 5.74) is 3.75. The Labute approximate surface area is 168 Å². The van der Waals surface area contributed by atoms with Gasteiger partial charge in [-0.2, -0.15) is 4.91 Å². The second-order valence-electron chi connectivity index (χ2n) is 7.10. The quantitative estimate of drug-likeness (QED) is 0.605. The molecule has 0 aliphatic rings. The number of rotatable bonds is 7. The molecule has 3 aromatic rings. The minimum atomic E-state index is -0.985.